The van der Waals surface area contributed by atoms with Crippen LogP contribution in [0.25, 0.3) is 0 Å². The van der Waals surface area contributed by atoms with Crippen LogP contribution in [0.1, 0.15) is 92.9 Å². The molecule has 3 heteroatoms. The van der Waals surface area contributed by atoms with E-state index >= 15 is 0 Å². The van der Waals surface area contributed by atoms with E-state index < -0.39 is 5.60 Å². The summed E-state index contributed by atoms with van der Waals surface area (Å²) in [4.78, 5) is 10.9. The molecule has 0 spiro atoms. The lowest BCUT2D eigenvalue weighted by molar-refractivity contribution is -0.170. The first kappa shape index (κ1) is 20.7. The van der Waals surface area contributed by atoms with Gasteiger partial charge in [0.1, 0.15) is 0 Å². The molecule has 0 unspecified atom stereocenters. The minimum atomic E-state index is -0.547. The van der Waals surface area contributed by atoms with Gasteiger partial charge in [0, 0.05) is 6.92 Å². The van der Waals surface area contributed by atoms with Gasteiger partial charge in [-0.15, -0.1) is 0 Å². The second kappa shape index (κ2) is 7.58. The van der Waals surface area contributed by atoms with Gasteiger partial charge in [-0.2, -0.15) is 0 Å². The van der Waals surface area contributed by atoms with E-state index in [0.29, 0.717) is 23.9 Å². The maximum Gasteiger partial charge on any atom is 0.302 e. The predicted molar refractivity (Wildman–Crippen MR) is 102 cm³/mol. The highest BCUT2D eigenvalue weighted by molar-refractivity contribution is 5.65. The van der Waals surface area contributed by atoms with Crippen molar-refractivity contribution in [2.24, 2.45) is 28.6 Å². The number of hydrogen-bond donors (Lipinski definition) is 1. The third kappa shape index (κ3) is 4.59. The van der Waals surface area contributed by atoms with Crippen LogP contribution >= 0.6 is 0 Å². The fourth-order valence-electron chi connectivity index (χ4n) is 6.26. The molecule has 2 saturated carbocycles. The predicted octanol–water partition coefficient (Wildman–Crippen LogP) is 5.35. The number of fused-ring (bicyclic) bond motifs is 1. The monoisotopic (exact) mass is 352 g/mol. The Labute approximate surface area is 154 Å². The van der Waals surface area contributed by atoms with Crippen LogP contribution in [0.5, 0.6) is 0 Å². The molecule has 0 amide bonds. The zero-order valence-electron chi connectivity index (χ0n) is 17.4. The SMILES string of the molecule is CC(=O)OCC[C@H](C)CC[C@H]1[C@]2(C)CCCC(C)(C)[C@@H]2CC[C@@]1(C)O. The highest BCUT2D eigenvalue weighted by Crippen LogP contribution is 2.63. The van der Waals surface area contributed by atoms with Gasteiger partial charge in [0.05, 0.1) is 12.2 Å². The van der Waals surface area contributed by atoms with E-state index in [-0.39, 0.29) is 11.4 Å². The summed E-state index contributed by atoms with van der Waals surface area (Å²) in [5.41, 5.74) is 0.0933. The Bertz CT molecular complexity index is 468. The molecule has 0 aromatic rings. The van der Waals surface area contributed by atoms with Crippen LogP contribution in [0.3, 0.4) is 0 Å². The first-order valence-corrected chi connectivity index (χ1v) is 10.3. The maximum atomic E-state index is 11.2. The first-order chi connectivity index (χ1) is 11.5. The molecule has 0 saturated heterocycles. The van der Waals surface area contributed by atoms with Crippen molar-refractivity contribution in [1.29, 1.82) is 0 Å². The molecule has 0 heterocycles. The molecule has 0 bridgehead atoms. The fourth-order valence-corrected chi connectivity index (χ4v) is 6.26. The van der Waals surface area contributed by atoms with Crippen molar-refractivity contribution in [3.05, 3.63) is 0 Å². The van der Waals surface area contributed by atoms with Gasteiger partial charge in [-0.3, -0.25) is 4.79 Å². The van der Waals surface area contributed by atoms with Crippen LogP contribution in [-0.4, -0.2) is 23.3 Å². The lowest BCUT2D eigenvalue weighted by Crippen LogP contribution is -2.57. The molecule has 2 aliphatic carbocycles. The van der Waals surface area contributed by atoms with E-state index in [4.69, 9.17) is 4.74 Å². The number of ether oxygens (including phenoxy) is 1. The van der Waals surface area contributed by atoms with Crippen molar-refractivity contribution in [2.45, 2.75) is 98.5 Å². The Morgan fingerprint density at radius 2 is 1.84 bits per heavy atom. The molecular weight excluding hydrogens is 312 g/mol. The Kier molecular flexibility index (Phi) is 6.29. The average Bonchev–Trinajstić information content (AvgIpc) is 2.44. The first-order valence-electron chi connectivity index (χ1n) is 10.3. The van der Waals surface area contributed by atoms with Crippen LogP contribution in [0.2, 0.25) is 0 Å². The largest absolute Gasteiger partial charge is 0.466 e. The normalized spacial score (nSPS) is 38.7. The second-order valence-corrected chi connectivity index (χ2v) is 10.2. The van der Waals surface area contributed by atoms with E-state index in [9.17, 15) is 9.90 Å². The minimum absolute atomic E-state index is 0.192. The van der Waals surface area contributed by atoms with Gasteiger partial charge in [-0.05, 0) is 74.0 Å². The van der Waals surface area contributed by atoms with E-state index in [0.717, 1.165) is 38.0 Å². The summed E-state index contributed by atoms with van der Waals surface area (Å²) in [6.07, 6.45) is 9.06. The maximum absolute atomic E-state index is 11.2. The number of hydrogen-bond acceptors (Lipinski definition) is 3. The lowest BCUT2D eigenvalue weighted by atomic mass is 9.45. The van der Waals surface area contributed by atoms with Gasteiger partial charge in [0.15, 0.2) is 0 Å². The lowest BCUT2D eigenvalue weighted by Gasteiger charge is -2.61. The van der Waals surface area contributed by atoms with Crippen molar-refractivity contribution in [1.82, 2.24) is 0 Å². The van der Waals surface area contributed by atoms with Gasteiger partial charge in [0.25, 0.3) is 0 Å². The summed E-state index contributed by atoms with van der Waals surface area (Å²) < 4.78 is 5.09. The number of esters is 1. The van der Waals surface area contributed by atoms with Crippen LogP contribution in [0.15, 0.2) is 0 Å². The third-order valence-electron chi connectivity index (χ3n) is 7.63. The van der Waals surface area contributed by atoms with Crippen molar-refractivity contribution >= 4 is 5.97 Å². The number of carbonyl (C=O) groups excluding carboxylic acids is 1. The molecular formula is C22H40O3. The molecule has 3 nitrogen and oxygen atoms in total. The van der Waals surface area contributed by atoms with Gasteiger partial charge in [-0.25, -0.2) is 0 Å². The average molecular weight is 353 g/mol. The summed E-state index contributed by atoms with van der Waals surface area (Å²) in [5.74, 6) is 1.42. The standard InChI is InChI=1S/C22H40O3/c1-16(11-15-25-17(2)23)8-9-19-21(5)13-7-12-20(3,4)18(21)10-14-22(19,6)24/h16,18-19,24H,7-15H2,1-6H3/t16-,18+,19+,21-,22-/m1/s1. The topological polar surface area (TPSA) is 46.5 Å². The van der Waals surface area contributed by atoms with Crippen LogP contribution < -0.4 is 0 Å². The summed E-state index contributed by atoms with van der Waals surface area (Å²) in [6, 6.07) is 0. The molecule has 0 aromatic heterocycles. The zero-order chi connectivity index (χ0) is 18.9. The highest BCUT2D eigenvalue weighted by atomic mass is 16.5. The molecule has 25 heavy (non-hydrogen) atoms. The quantitative estimate of drug-likeness (QED) is 0.655. The van der Waals surface area contributed by atoms with Crippen molar-refractivity contribution in [3.8, 4) is 0 Å². The molecule has 146 valence electrons. The Balaban J connectivity index is 2.04. The van der Waals surface area contributed by atoms with Gasteiger partial charge in [-0.1, -0.05) is 40.5 Å². The van der Waals surface area contributed by atoms with Crippen molar-refractivity contribution in [3.63, 3.8) is 0 Å². The highest BCUT2D eigenvalue weighted by Gasteiger charge is 2.57. The van der Waals surface area contributed by atoms with Crippen molar-refractivity contribution in [2.75, 3.05) is 6.61 Å². The van der Waals surface area contributed by atoms with Gasteiger partial charge < -0.3 is 9.84 Å². The molecule has 2 rings (SSSR count). The Morgan fingerprint density at radius 1 is 1.16 bits per heavy atom. The molecule has 1 N–H and O–H groups in total. The Morgan fingerprint density at radius 3 is 2.48 bits per heavy atom. The summed E-state index contributed by atoms with van der Waals surface area (Å²) in [6.45, 7) is 13.6. The number of carbonyl (C=O) groups is 1. The van der Waals surface area contributed by atoms with E-state index in [2.05, 4.69) is 34.6 Å². The van der Waals surface area contributed by atoms with Crippen LogP contribution in [0, 0.1) is 28.6 Å². The van der Waals surface area contributed by atoms with Crippen LogP contribution in [0.4, 0.5) is 0 Å². The zero-order valence-corrected chi connectivity index (χ0v) is 17.4. The molecule has 2 aliphatic rings. The second-order valence-electron chi connectivity index (χ2n) is 10.2. The molecule has 0 radical (unpaired) electrons. The third-order valence-corrected chi connectivity index (χ3v) is 7.63. The summed E-state index contributed by atoms with van der Waals surface area (Å²) >= 11 is 0. The number of aliphatic hydroxyl groups is 1. The smallest absolute Gasteiger partial charge is 0.302 e. The van der Waals surface area contributed by atoms with Crippen LogP contribution in [-0.2, 0) is 9.53 Å². The Hall–Kier alpha value is -0.570. The van der Waals surface area contributed by atoms with Gasteiger partial charge in [0.2, 0.25) is 0 Å². The molecule has 5 atom stereocenters. The van der Waals surface area contributed by atoms with E-state index in [1.807, 2.05) is 0 Å². The summed E-state index contributed by atoms with van der Waals surface area (Å²) in [5, 5.41) is 11.2. The summed E-state index contributed by atoms with van der Waals surface area (Å²) in [7, 11) is 0. The van der Waals surface area contributed by atoms with E-state index in [1.54, 1.807) is 0 Å². The van der Waals surface area contributed by atoms with Gasteiger partial charge >= 0.3 is 5.97 Å². The van der Waals surface area contributed by atoms with E-state index in [1.165, 1.54) is 26.2 Å². The fraction of sp³-hybridized carbons (Fsp3) is 0.955. The molecule has 0 aromatic carbocycles. The number of rotatable bonds is 6. The van der Waals surface area contributed by atoms with Crippen molar-refractivity contribution < 1.29 is 14.6 Å². The minimum Gasteiger partial charge on any atom is -0.466 e. The molecule has 0 aliphatic heterocycles. The molecule has 2 fully saturated rings.